The molecule has 1 fully saturated rings. The average molecular weight is 336 g/mol. The van der Waals surface area contributed by atoms with Gasteiger partial charge in [-0.15, -0.1) is 0 Å². The van der Waals surface area contributed by atoms with Gasteiger partial charge >= 0.3 is 5.97 Å². The molecule has 3 rings (SSSR count). The zero-order valence-electron chi connectivity index (χ0n) is 12.8. The minimum atomic E-state index is -1.00. The van der Waals surface area contributed by atoms with Crippen molar-refractivity contribution < 1.29 is 14.4 Å². The molecule has 1 aromatic heterocycles. The summed E-state index contributed by atoms with van der Waals surface area (Å²) in [6, 6.07) is 5.12. The number of benzene rings is 1. The second kappa shape index (κ2) is 6.68. The third kappa shape index (κ3) is 3.71. The fourth-order valence-corrected chi connectivity index (χ4v) is 3.19. The molecular weight excluding hydrogens is 318 g/mol. The van der Waals surface area contributed by atoms with Crippen LogP contribution in [0.2, 0.25) is 5.02 Å². The monoisotopic (exact) mass is 335 g/mol. The fraction of sp³-hybridized carbons (Fsp3) is 0.438. The number of aromatic nitrogens is 2. The van der Waals surface area contributed by atoms with Crippen molar-refractivity contribution in [1.82, 2.24) is 15.0 Å². The molecule has 0 unspecified atom stereocenters. The van der Waals surface area contributed by atoms with Crippen LogP contribution in [0.1, 0.15) is 46.4 Å². The van der Waals surface area contributed by atoms with E-state index in [0.29, 0.717) is 11.7 Å². The number of halogens is 1. The van der Waals surface area contributed by atoms with Gasteiger partial charge in [-0.2, -0.15) is 4.98 Å². The van der Waals surface area contributed by atoms with E-state index in [2.05, 4.69) is 15.0 Å². The smallest absolute Gasteiger partial charge is 0.337 e. The van der Waals surface area contributed by atoms with Crippen molar-refractivity contribution in [3.63, 3.8) is 0 Å². The number of carboxylic acids is 1. The Labute approximate surface area is 139 Å². The van der Waals surface area contributed by atoms with Crippen molar-refractivity contribution >= 4 is 17.6 Å². The Morgan fingerprint density at radius 2 is 2.17 bits per heavy atom. The molecule has 1 N–H and O–H groups in total. The number of piperidine rings is 1. The first-order valence-corrected chi connectivity index (χ1v) is 7.95. The SMILES string of the molecule is Cc1noc(C2CCN(Cc3ccc(C(=O)O)c(Cl)c3)CC2)n1. The number of rotatable bonds is 4. The molecule has 0 saturated carbocycles. The Morgan fingerprint density at radius 3 is 2.74 bits per heavy atom. The Morgan fingerprint density at radius 1 is 1.43 bits per heavy atom. The maximum atomic E-state index is 11.0. The Kier molecular flexibility index (Phi) is 4.63. The van der Waals surface area contributed by atoms with E-state index in [9.17, 15) is 4.79 Å². The summed E-state index contributed by atoms with van der Waals surface area (Å²) in [7, 11) is 0. The second-order valence-corrected chi connectivity index (χ2v) is 6.26. The first-order valence-electron chi connectivity index (χ1n) is 7.57. The summed E-state index contributed by atoms with van der Waals surface area (Å²) < 4.78 is 5.26. The molecule has 7 heteroatoms. The van der Waals surface area contributed by atoms with Gasteiger partial charge in [-0.1, -0.05) is 22.8 Å². The van der Waals surface area contributed by atoms with Gasteiger partial charge < -0.3 is 9.63 Å². The lowest BCUT2D eigenvalue weighted by Crippen LogP contribution is -2.32. The number of aryl methyl sites for hydroxylation is 1. The van der Waals surface area contributed by atoms with Gasteiger partial charge in [0, 0.05) is 12.5 Å². The summed E-state index contributed by atoms with van der Waals surface area (Å²) >= 11 is 6.02. The highest BCUT2D eigenvalue weighted by atomic mass is 35.5. The Balaban J connectivity index is 1.58. The van der Waals surface area contributed by atoms with E-state index in [1.165, 1.54) is 0 Å². The van der Waals surface area contributed by atoms with Gasteiger partial charge in [0.2, 0.25) is 5.89 Å². The summed E-state index contributed by atoms with van der Waals surface area (Å²) in [4.78, 5) is 17.6. The molecule has 0 bridgehead atoms. The minimum absolute atomic E-state index is 0.140. The molecule has 0 spiro atoms. The molecule has 23 heavy (non-hydrogen) atoms. The van der Waals surface area contributed by atoms with E-state index >= 15 is 0 Å². The van der Waals surface area contributed by atoms with Crippen molar-refractivity contribution in [2.75, 3.05) is 13.1 Å². The van der Waals surface area contributed by atoms with Crippen LogP contribution in [0.15, 0.2) is 22.7 Å². The van der Waals surface area contributed by atoms with Gasteiger partial charge in [-0.3, -0.25) is 4.90 Å². The van der Waals surface area contributed by atoms with Crippen LogP contribution in [0.4, 0.5) is 0 Å². The molecule has 0 amide bonds. The number of nitrogens with zero attached hydrogens (tertiary/aromatic N) is 3. The summed E-state index contributed by atoms with van der Waals surface area (Å²) in [6.45, 7) is 4.46. The van der Waals surface area contributed by atoms with Gasteiger partial charge in [0.15, 0.2) is 5.82 Å². The van der Waals surface area contributed by atoms with Crippen LogP contribution in [0, 0.1) is 6.92 Å². The van der Waals surface area contributed by atoms with Gasteiger partial charge in [0.1, 0.15) is 0 Å². The van der Waals surface area contributed by atoms with E-state index in [1.807, 2.05) is 13.0 Å². The van der Waals surface area contributed by atoms with E-state index in [1.54, 1.807) is 12.1 Å². The quantitative estimate of drug-likeness (QED) is 0.924. The molecule has 6 nitrogen and oxygen atoms in total. The van der Waals surface area contributed by atoms with Crippen LogP contribution in [-0.2, 0) is 6.54 Å². The lowest BCUT2D eigenvalue weighted by atomic mass is 9.96. The molecule has 122 valence electrons. The zero-order valence-corrected chi connectivity index (χ0v) is 13.6. The molecule has 2 heterocycles. The second-order valence-electron chi connectivity index (χ2n) is 5.85. The van der Waals surface area contributed by atoms with Crippen LogP contribution in [-0.4, -0.2) is 39.2 Å². The van der Waals surface area contributed by atoms with Crippen LogP contribution in [0.5, 0.6) is 0 Å². The number of likely N-dealkylation sites (tertiary alicyclic amines) is 1. The van der Waals surface area contributed by atoms with Crippen molar-refractivity contribution in [2.45, 2.75) is 32.2 Å². The largest absolute Gasteiger partial charge is 0.478 e. The van der Waals surface area contributed by atoms with Crippen molar-refractivity contribution in [1.29, 1.82) is 0 Å². The fourth-order valence-electron chi connectivity index (χ4n) is 2.91. The predicted molar refractivity (Wildman–Crippen MR) is 84.7 cm³/mol. The molecule has 1 aromatic carbocycles. The Bertz CT molecular complexity index is 708. The standard InChI is InChI=1S/C16H18ClN3O3/c1-10-18-15(23-19-10)12-4-6-20(7-5-12)9-11-2-3-13(16(21)22)14(17)8-11/h2-3,8,12H,4-7,9H2,1H3,(H,21,22). The maximum absolute atomic E-state index is 11.0. The van der Waals surface area contributed by atoms with Crippen LogP contribution in [0.3, 0.4) is 0 Å². The third-order valence-electron chi connectivity index (χ3n) is 4.15. The lowest BCUT2D eigenvalue weighted by molar-refractivity contribution is 0.0697. The normalized spacial score (nSPS) is 16.6. The summed E-state index contributed by atoms with van der Waals surface area (Å²) in [6.07, 6.45) is 1.95. The molecule has 0 aliphatic carbocycles. The van der Waals surface area contributed by atoms with Crippen molar-refractivity contribution in [2.24, 2.45) is 0 Å². The van der Waals surface area contributed by atoms with E-state index in [-0.39, 0.29) is 10.6 Å². The lowest BCUT2D eigenvalue weighted by Gasteiger charge is -2.30. The van der Waals surface area contributed by atoms with Crippen LogP contribution < -0.4 is 0 Å². The molecule has 1 saturated heterocycles. The first kappa shape index (κ1) is 16.0. The van der Waals surface area contributed by atoms with Crippen molar-refractivity contribution in [3.8, 4) is 0 Å². The number of hydrogen-bond acceptors (Lipinski definition) is 5. The molecular formula is C16H18ClN3O3. The van der Waals surface area contributed by atoms with Gasteiger partial charge in [-0.25, -0.2) is 4.79 Å². The highest BCUT2D eigenvalue weighted by Crippen LogP contribution is 2.28. The Hall–Kier alpha value is -1.92. The van der Waals surface area contributed by atoms with Gasteiger partial charge in [-0.05, 0) is 50.6 Å². The van der Waals surface area contributed by atoms with Gasteiger partial charge in [0.25, 0.3) is 0 Å². The highest BCUT2D eigenvalue weighted by Gasteiger charge is 2.25. The number of carboxylic acid groups (broad SMARTS) is 1. The van der Waals surface area contributed by atoms with Gasteiger partial charge in [0.05, 0.1) is 10.6 Å². The van der Waals surface area contributed by atoms with E-state index in [4.69, 9.17) is 21.2 Å². The molecule has 1 aliphatic heterocycles. The molecule has 0 atom stereocenters. The number of aromatic carboxylic acids is 1. The minimum Gasteiger partial charge on any atom is -0.478 e. The number of hydrogen-bond donors (Lipinski definition) is 1. The van der Waals surface area contributed by atoms with E-state index < -0.39 is 5.97 Å². The van der Waals surface area contributed by atoms with Crippen LogP contribution in [0.25, 0.3) is 0 Å². The van der Waals surface area contributed by atoms with E-state index in [0.717, 1.165) is 43.9 Å². The first-order chi connectivity index (χ1) is 11.0. The van der Waals surface area contributed by atoms with Crippen LogP contribution >= 0.6 is 11.6 Å². The molecule has 1 aliphatic rings. The molecule has 0 radical (unpaired) electrons. The highest BCUT2D eigenvalue weighted by molar-refractivity contribution is 6.33. The average Bonchev–Trinajstić information content (AvgIpc) is 2.94. The number of carbonyl (C=O) groups is 1. The topological polar surface area (TPSA) is 79.5 Å². The molecule has 2 aromatic rings. The maximum Gasteiger partial charge on any atom is 0.337 e. The third-order valence-corrected chi connectivity index (χ3v) is 4.46. The van der Waals surface area contributed by atoms with Crippen molar-refractivity contribution in [3.05, 3.63) is 46.1 Å². The summed E-state index contributed by atoms with van der Waals surface area (Å²) in [5, 5.41) is 13.1. The summed E-state index contributed by atoms with van der Waals surface area (Å²) in [5.74, 6) is 0.731. The zero-order chi connectivity index (χ0) is 16.4. The summed E-state index contributed by atoms with van der Waals surface area (Å²) in [5.41, 5.74) is 1.16. The predicted octanol–water partition coefficient (Wildman–Crippen LogP) is 3.11.